The molecule has 1 aromatic rings. The van der Waals surface area contributed by atoms with Gasteiger partial charge in [-0.25, -0.2) is 0 Å². The van der Waals surface area contributed by atoms with Crippen LogP contribution in [-0.2, 0) is 6.54 Å². The highest BCUT2D eigenvalue weighted by Crippen LogP contribution is 2.25. The molecule has 1 rings (SSSR count). The van der Waals surface area contributed by atoms with Crippen LogP contribution in [0.25, 0.3) is 0 Å². The Hall–Kier alpha value is -1.26. The van der Waals surface area contributed by atoms with E-state index < -0.39 is 6.10 Å². The lowest BCUT2D eigenvalue weighted by Crippen LogP contribution is -2.35. The molecule has 0 aliphatic heterocycles. The summed E-state index contributed by atoms with van der Waals surface area (Å²) in [5.74, 6) is 1.50. The van der Waals surface area contributed by atoms with E-state index in [4.69, 9.17) is 9.47 Å². The van der Waals surface area contributed by atoms with Crippen LogP contribution in [0.3, 0.4) is 0 Å². The number of ether oxygens (including phenoxy) is 2. The first-order valence-corrected chi connectivity index (χ1v) is 6.54. The van der Waals surface area contributed by atoms with Crippen molar-refractivity contribution in [1.29, 1.82) is 0 Å². The number of aliphatic hydroxyl groups excluding tert-OH is 1. The predicted octanol–water partition coefficient (Wildman–Crippen LogP) is 2.34. The number of hydrogen-bond donors (Lipinski definition) is 2. The summed E-state index contributed by atoms with van der Waals surface area (Å²) >= 11 is 0. The molecule has 0 amide bonds. The summed E-state index contributed by atoms with van der Waals surface area (Å²) in [6, 6.07) is 5.74. The molecule has 1 aromatic carbocycles. The van der Waals surface area contributed by atoms with Crippen molar-refractivity contribution in [3.63, 3.8) is 0 Å². The zero-order valence-corrected chi connectivity index (χ0v) is 12.5. The highest BCUT2D eigenvalue weighted by molar-refractivity contribution is 5.40. The lowest BCUT2D eigenvalue weighted by atomic mass is 10.1. The van der Waals surface area contributed by atoms with Crippen molar-refractivity contribution in [3.05, 3.63) is 23.8 Å². The van der Waals surface area contributed by atoms with Gasteiger partial charge in [-0.15, -0.1) is 0 Å². The molecule has 0 aromatic heterocycles. The molecule has 4 nitrogen and oxygen atoms in total. The molecule has 0 bridgehead atoms. The fourth-order valence-electron chi connectivity index (χ4n) is 1.51. The molecule has 0 fully saturated rings. The average Bonchev–Trinajstić information content (AvgIpc) is 2.33. The standard InChI is InChI=1S/C15H25NO3/c1-11(17)10-19-14-8-13(18-5)7-6-12(14)9-16-15(2,3)4/h6-8,11,16-17H,9-10H2,1-5H3. The summed E-state index contributed by atoms with van der Waals surface area (Å²) in [6.07, 6.45) is -0.491. The van der Waals surface area contributed by atoms with Gasteiger partial charge in [-0.3, -0.25) is 0 Å². The van der Waals surface area contributed by atoms with Crippen LogP contribution in [0.4, 0.5) is 0 Å². The topological polar surface area (TPSA) is 50.7 Å². The van der Waals surface area contributed by atoms with E-state index >= 15 is 0 Å². The monoisotopic (exact) mass is 267 g/mol. The summed E-state index contributed by atoms with van der Waals surface area (Å²) in [6.45, 7) is 9.04. The highest BCUT2D eigenvalue weighted by Gasteiger charge is 2.12. The molecule has 4 heteroatoms. The maximum Gasteiger partial charge on any atom is 0.127 e. The Morgan fingerprint density at radius 3 is 2.53 bits per heavy atom. The van der Waals surface area contributed by atoms with Gasteiger partial charge in [0.2, 0.25) is 0 Å². The zero-order chi connectivity index (χ0) is 14.5. The molecule has 1 atom stereocenters. The molecule has 2 N–H and O–H groups in total. The normalized spacial score (nSPS) is 13.2. The van der Waals surface area contributed by atoms with E-state index in [1.165, 1.54) is 0 Å². The van der Waals surface area contributed by atoms with Crippen LogP contribution >= 0.6 is 0 Å². The van der Waals surface area contributed by atoms with Gasteiger partial charge in [0, 0.05) is 23.7 Å². The summed E-state index contributed by atoms with van der Waals surface area (Å²) in [5, 5.41) is 12.7. The summed E-state index contributed by atoms with van der Waals surface area (Å²) in [5.41, 5.74) is 1.10. The quantitative estimate of drug-likeness (QED) is 0.830. The van der Waals surface area contributed by atoms with E-state index in [0.29, 0.717) is 6.54 Å². The minimum absolute atomic E-state index is 0.0431. The average molecular weight is 267 g/mol. The van der Waals surface area contributed by atoms with E-state index in [0.717, 1.165) is 17.1 Å². The SMILES string of the molecule is COc1ccc(CNC(C)(C)C)c(OCC(C)O)c1. The maximum absolute atomic E-state index is 9.32. The molecule has 108 valence electrons. The number of hydrogen-bond acceptors (Lipinski definition) is 4. The second-order valence-electron chi connectivity index (χ2n) is 5.74. The second-order valence-corrected chi connectivity index (χ2v) is 5.74. The predicted molar refractivity (Wildman–Crippen MR) is 76.8 cm³/mol. The third kappa shape index (κ3) is 5.94. The van der Waals surface area contributed by atoms with Crippen LogP contribution < -0.4 is 14.8 Å². The van der Waals surface area contributed by atoms with E-state index in [-0.39, 0.29) is 12.1 Å². The number of benzene rings is 1. The van der Waals surface area contributed by atoms with E-state index in [9.17, 15) is 5.11 Å². The molecular weight excluding hydrogens is 242 g/mol. The van der Waals surface area contributed by atoms with Gasteiger partial charge in [0.1, 0.15) is 18.1 Å². The van der Waals surface area contributed by atoms with Gasteiger partial charge < -0.3 is 19.9 Å². The second kappa shape index (κ2) is 6.78. The van der Waals surface area contributed by atoms with Crippen LogP contribution in [0.15, 0.2) is 18.2 Å². The number of methoxy groups -OCH3 is 1. The maximum atomic E-state index is 9.32. The van der Waals surface area contributed by atoms with Gasteiger partial charge in [-0.05, 0) is 33.8 Å². The third-order valence-corrected chi connectivity index (χ3v) is 2.56. The van der Waals surface area contributed by atoms with E-state index in [2.05, 4.69) is 26.1 Å². The number of aliphatic hydroxyl groups is 1. The number of rotatable bonds is 6. The van der Waals surface area contributed by atoms with Crippen LogP contribution in [0, 0.1) is 0 Å². The Balaban J connectivity index is 2.82. The Kier molecular flexibility index (Phi) is 5.63. The first-order chi connectivity index (χ1) is 8.81. The van der Waals surface area contributed by atoms with Gasteiger partial charge in [0.15, 0.2) is 0 Å². The van der Waals surface area contributed by atoms with Crippen LogP contribution in [0.1, 0.15) is 33.3 Å². The van der Waals surface area contributed by atoms with Crippen LogP contribution in [0.5, 0.6) is 11.5 Å². The first kappa shape index (κ1) is 15.8. The van der Waals surface area contributed by atoms with Gasteiger partial charge >= 0.3 is 0 Å². The lowest BCUT2D eigenvalue weighted by molar-refractivity contribution is 0.122. The minimum atomic E-state index is -0.491. The lowest BCUT2D eigenvalue weighted by Gasteiger charge is -2.22. The van der Waals surface area contributed by atoms with Crippen LogP contribution in [-0.4, -0.2) is 30.5 Å². The zero-order valence-electron chi connectivity index (χ0n) is 12.5. The van der Waals surface area contributed by atoms with Crippen molar-refractivity contribution in [3.8, 4) is 11.5 Å². The summed E-state index contributed by atoms with van der Waals surface area (Å²) in [4.78, 5) is 0. The number of nitrogens with one attached hydrogen (secondary N) is 1. The fourth-order valence-corrected chi connectivity index (χ4v) is 1.51. The van der Waals surface area contributed by atoms with Crippen LogP contribution in [0.2, 0.25) is 0 Å². The Labute approximate surface area is 115 Å². The molecule has 19 heavy (non-hydrogen) atoms. The molecule has 0 aliphatic rings. The van der Waals surface area contributed by atoms with Gasteiger partial charge in [0.25, 0.3) is 0 Å². The van der Waals surface area contributed by atoms with Crippen molar-refractivity contribution in [2.45, 2.75) is 45.9 Å². The molecular formula is C15H25NO3. The Bertz CT molecular complexity index is 397. The minimum Gasteiger partial charge on any atom is -0.497 e. The molecule has 0 saturated heterocycles. The molecule has 1 unspecified atom stereocenters. The third-order valence-electron chi connectivity index (χ3n) is 2.56. The Morgan fingerprint density at radius 2 is 2.00 bits per heavy atom. The highest BCUT2D eigenvalue weighted by atomic mass is 16.5. The molecule has 0 heterocycles. The van der Waals surface area contributed by atoms with Gasteiger partial charge in [-0.2, -0.15) is 0 Å². The van der Waals surface area contributed by atoms with Crippen molar-refractivity contribution in [2.24, 2.45) is 0 Å². The smallest absolute Gasteiger partial charge is 0.127 e. The summed E-state index contributed by atoms with van der Waals surface area (Å²) < 4.78 is 10.8. The van der Waals surface area contributed by atoms with E-state index in [1.807, 2.05) is 18.2 Å². The molecule has 0 saturated carbocycles. The first-order valence-electron chi connectivity index (χ1n) is 6.54. The van der Waals surface area contributed by atoms with Crippen molar-refractivity contribution in [1.82, 2.24) is 5.32 Å². The summed E-state index contributed by atoms with van der Waals surface area (Å²) in [7, 11) is 1.63. The largest absolute Gasteiger partial charge is 0.497 e. The van der Waals surface area contributed by atoms with E-state index in [1.54, 1.807) is 14.0 Å². The Morgan fingerprint density at radius 1 is 1.32 bits per heavy atom. The van der Waals surface area contributed by atoms with Crippen molar-refractivity contribution >= 4 is 0 Å². The van der Waals surface area contributed by atoms with Gasteiger partial charge in [0.05, 0.1) is 13.2 Å². The van der Waals surface area contributed by atoms with Crippen molar-refractivity contribution < 1.29 is 14.6 Å². The molecule has 0 aliphatic carbocycles. The van der Waals surface area contributed by atoms with Crippen molar-refractivity contribution in [2.75, 3.05) is 13.7 Å². The fraction of sp³-hybridized carbons (Fsp3) is 0.600. The molecule has 0 radical (unpaired) electrons. The van der Waals surface area contributed by atoms with Gasteiger partial charge in [-0.1, -0.05) is 6.07 Å². The molecule has 0 spiro atoms.